The van der Waals surface area contributed by atoms with E-state index in [-0.39, 0.29) is 11.9 Å². The number of piperazine rings is 1. The predicted molar refractivity (Wildman–Crippen MR) is 111 cm³/mol. The molecule has 0 spiro atoms. The molecule has 28 heavy (non-hydrogen) atoms. The summed E-state index contributed by atoms with van der Waals surface area (Å²) in [6.45, 7) is 7.77. The summed E-state index contributed by atoms with van der Waals surface area (Å²) in [6.07, 6.45) is 4.58. The fraction of sp³-hybridized carbons (Fsp3) is 0.636. The Bertz CT molecular complexity index is 621. The molecule has 0 aliphatic carbocycles. The molecule has 6 heteroatoms. The van der Waals surface area contributed by atoms with Crippen molar-refractivity contribution in [3.63, 3.8) is 0 Å². The molecule has 154 valence electrons. The van der Waals surface area contributed by atoms with Gasteiger partial charge in [0.2, 0.25) is 5.91 Å². The Labute approximate surface area is 168 Å². The van der Waals surface area contributed by atoms with E-state index in [0.717, 1.165) is 51.4 Å². The highest BCUT2D eigenvalue weighted by atomic mass is 16.2. The molecule has 2 heterocycles. The lowest BCUT2D eigenvalue weighted by atomic mass is 9.90. The quantitative estimate of drug-likeness (QED) is 0.816. The van der Waals surface area contributed by atoms with Crippen LogP contribution < -0.4 is 5.32 Å². The monoisotopic (exact) mass is 386 g/mol. The van der Waals surface area contributed by atoms with Gasteiger partial charge in [0.1, 0.15) is 0 Å². The fourth-order valence-corrected chi connectivity index (χ4v) is 4.15. The van der Waals surface area contributed by atoms with E-state index in [0.29, 0.717) is 26.2 Å². The van der Waals surface area contributed by atoms with Crippen LogP contribution in [0.25, 0.3) is 0 Å². The largest absolute Gasteiger partial charge is 0.342 e. The van der Waals surface area contributed by atoms with Crippen molar-refractivity contribution in [3.05, 3.63) is 35.9 Å². The number of benzene rings is 1. The number of amides is 3. The average Bonchev–Trinajstić information content (AvgIpc) is 2.74. The normalized spacial score (nSPS) is 18.9. The molecule has 1 N–H and O–H groups in total. The van der Waals surface area contributed by atoms with Crippen molar-refractivity contribution in [2.24, 2.45) is 5.92 Å². The molecule has 3 rings (SSSR count). The number of nitrogens with one attached hydrogen (secondary N) is 1. The van der Waals surface area contributed by atoms with E-state index in [1.807, 2.05) is 16.7 Å². The molecule has 3 amide bonds. The molecule has 2 aliphatic heterocycles. The number of likely N-dealkylation sites (tertiary alicyclic amines) is 1. The van der Waals surface area contributed by atoms with Gasteiger partial charge >= 0.3 is 6.03 Å². The highest BCUT2D eigenvalue weighted by molar-refractivity contribution is 5.78. The van der Waals surface area contributed by atoms with Gasteiger partial charge in [-0.2, -0.15) is 0 Å². The van der Waals surface area contributed by atoms with Crippen molar-refractivity contribution in [2.75, 3.05) is 52.4 Å². The summed E-state index contributed by atoms with van der Waals surface area (Å²) >= 11 is 0. The van der Waals surface area contributed by atoms with Gasteiger partial charge in [-0.1, -0.05) is 30.3 Å². The molecule has 0 aromatic heterocycles. The van der Waals surface area contributed by atoms with E-state index in [2.05, 4.69) is 40.5 Å². The van der Waals surface area contributed by atoms with Crippen molar-refractivity contribution >= 4 is 11.9 Å². The van der Waals surface area contributed by atoms with Crippen LogP contribution in [0.5, 0.6) is 0 Å². The minimum absolute atomic E-state index is 0.00560. The van der Waals surface area contributed by atoms with Gasteiger partial charge in [0, 0.05) is 45.8 Å². The maximum absolute atomic E-state index is 12.7. The summed E-state index contributed by atoms with van der Waals surface area (Å²) in [7, 11) is 0. The fourth-order valence-electron chi connectivity index (χ4n) is 4.15. The first-order valence-corrected chi connectivity index (χ1v) is 10.7. The molecular formula is C22H34N4O2. The average molecular weight is 387 g/mol. The van der Waals surface area contributed by atoms with Crippen LogP contribution in [0.3, 0.4) is 0 Å². The van der Waals surface area contributed by atoms with Crippen LogP contribution in [0.15, 0.2) is 30.3 Å². The van der Waals surface area contributed by atoms with Crippen LogP contribution >= 0.6 is 0 Å². The molecule has 6 nitrogen and oxygen atoms in total. The standard InChI is InChI=1S/C22H34N4O2/c1-2-23-22(28)26-16-14-24(15-17-26)18-21(27)25-12-10-20(11-13-25)9-8-19-6-4-3-5-7-19/h3-7,20H,2,8-18H2,1H3,(H,23,28). The summed E-state index contributed by atoms with van der Waals surface area (Å²) in [6, 6.07) is 10.7. The second-order valence-electron chi connectivity index (χ2n) is 7.95. The van der Waals surface area contributed by atoms with Crippen LogP contribution in [0.2, 0.25) is 0 Å². The molecule has 2 fully saturated rings. The van der Waals surface area contributed by atoms with Gasteiger partial charge in [0.25, 0.3) is 0 Å². The van der Waals surface area contributed by atoms with Gasteiger partial charge in [0.05, 0.1) is 6.54 Å². The van der Waals surface area contributed by atoms with E-state index in [4.69, 9.17) is 0 Å². The lowest BCUT2D eigenvalue weighted by Gasteiger charge is -2.37. The van der Waals surface area contributed by atoms with Crippen LogP contribution in [0.1, 0.15) is 31.7 Å². The number of carbonyl (C=O) groups excluding carboxylic acids is 2. The molecular weight excluding hydrogens is 352 g/mol. The smallest absolute Gasteiger partial charge is 0.317 e. The summed E-state index contributed by atoms with van der Waals surface area (Å²) in [4.78, 5) is 30.6. The lowest BCUT2D eigenvalue weighted by molar-refractivity contribution is -0.134. The Balaban J connectivity index is 1.33. The van der Waals surface area contributed by atoms with Crippen LogP contribution in [-0.4, -0.2) is 79.0 Å². The number of hydrogen-bond acceptors (Lipinski definition) is 3. The molecule has 0 atom stereocenters. The van der Waals surface area contributed by atoms with E-state index >= 15 is 0 Å². The summed E-state index contributed by atoms with van der Waals surface area (Å²) in [5.74, 6) is 0.970. The molecule has 1 aromatic rings. The zero-order valence-corrected chi connectivity index (χ0v) is 17.1. The molecule has 0 radical (unpaired) electrons. The van der Waals surface area contributed by atoms with E-state index in [9.17, 15) is 9.59 Å². The number of piperidine rings is 1. The van der Waals surface area contributed by atoms with Crippen molar-refractivity contribution in [1.82, 2.24) is 20.0 Å². The highest BCUT2D eigenvalue weighted by Gasteiger charge is 2.26. The number of carbonyl (C=O) groups is 2. The van der Waals surface area contributed by atoms with Gasteiger partial charge in [-0.3, -0.25) is 9.69 Å². The summed E-state index contributed by atoms with van der Waals surface area (Å²) in [5.41, 5.74) is 1.41. The van der Waals surface area contributed by atoms with Crippen LogP contribution in [0.4, 0.5) is 4.79 Å². The second kappa shape index (κ2) is 10.5. The molecule has 0 bridgehead atoms. The maximum Gasteiger partial charge on any atom is 0.317 e. The molecule has 1 aromatic carbocycles. The van der Waals surface area contributed by atoms with Gasteiger partial charge in [-0.05, 0) is 44.1 Å². The van der Waals surface area contributed by atoms with E-state index < -0.39 is 0 Å². The van der Waals surface area contributed by atoms with Gasteiger partial charge in [-0.15, -0.1) is 0 Å². The van der Waals surface area contributed by atoms with Crippen molar-refractivity contribution in [1.29, 1.82) is 0 Å². The van der Waals surface area contributed by atoms with Gasteiger partial charge in [0.15, 0.2) is 0 Å². The Kier molecular flexibility index (Phi) is 7.71. The lowest BCUT2D eigenvalue weighted by Crippen LogP contribution is -2.54. The number of aryl methyl sites for hydroxylation is 1. The van der Waals surface area contributed by atoms with E-state index in [1.54, 1.807) is 0 Å². The van der Waals surface area contributed by atoms with Gasteiger partial charge in [-0.25, -0.2) is 4.79 Å². The third-order valence-electron chi connectivity index (χ3n) is 6.00. The Morgan fingerprint density at radius 2 is 1.64 bits per heavy atom. The summed E-state index contributed by atoms with van der Waals surface area (Å²) < 4.78 is 0. The number of rotatable bonds is 6. The van der Waals surface area contributed by atoms with Crippen molar-refractivity contribution in [3.8, 4) is 0 Å². The van der Waals surface area contributed by atoms with Crippen LogP contribution in [0, 0.1) is 5.92 Å². The second-order valence-corrected chi connectivity index (χ2v) is 7.95. The minimum Gasteiger partial charge on any atom is -0.342 e. The topological polar surface area (TPSA) is 55.9 Å². The molecule has 0 unspecified atom stereocenters. The molecule has 2 saturated heterocycles. The Morgan fingerprint density at radius 3 is 2.29 bits per heavy atom. The van der Waals surface area contributed by atoms with Gasteiger partial charge < -0.3 is 15.1 Å². The number of urea groups is 1. The Hall–Kier alpha value is -2.08. The third-order valence-corrected chi connectivity index (χ3v) is 6.00. The Morgan fingerprint density at radius 1 is 0.964 bits per heavy atom. The first kappa shape index (κ1) is 20.6. The SMILES string of the molecule is CCNC(=O)N1CCN(CC(=O)N2CCC(CCc3ccccc3)CC2)CC1. The zero-order chi connectivity index (χ0) is 19.8. The first-order chi connectivity index (χ1) is 13.7. The maximum atomic E-state index is 12.7. The third kappa shape index (κ3) is 5.96. The first-order valence-electron chi connectivity index (χ1n) is 10.7. The summed E-state index contributed by atoms with van der Waals surface area (Å²) in [5, 5.41) is 2.84. The molecule has 0 saturated carbocycles. The number of hydrogen-bond donors (Lipinski definition) is 1. The van der Waals surface area contributed by atoms with Crippen molar-refractivity contribution in [2.45, 2.75) is 32.6 Å². The highest BCUT2D eigenvalue weighted by Crippen LogP contribution is 2.22. The van der Waals surface area contributed by atoms with Crippen molar-refractivity contribution < 1.29 is 9.59 Å². The predicted octanol–water partition coefficient (Wildman–Crippen LogP) is 2.20. The zero-order valence-electron chi connectivity index (χ0n) is 17.1. The minimum atomic E-state index is 0.00560. The van der Waals surface area contributed by atoms with E-state index in [1.165, 1.54) is 12.0 Å². The number of nitrogens with zero attached hydrogens (tertiary/aromatic N) is 3. The van der Waals surface area contributed by atoms with Crippen LogP contribution in [-0.2, 0) is 11.2 Å². The molecule has 2 aliphatic rings.